The summed E-state index contributed by atoms with van der Waals surface area (Å²) in [6.07, 6.45) is -1.71. The fraction of sp³-hybridized carbons (Fsp3) is 0.780. The molecular weight excluding hydrogens is 680 g/mol. The summed E-state index contributed by atoms with van der Waals surface area (Å²) in [6, 6.07) is 10.0. The molecule has 3 unspecified atom stereocenters. The molecular formula is C41H64N2O10. The molecule has 0 aliphatic carbocycles. The first-order valence-corrected chi connectivity index (χ1v) is 19.6. The maximum Gasteiger partial charge on any atom is 0.311 e. The number of aliphatic hydroxyl groups is 1. The van der Waals surface area contributed by atoms with Gasteiger partial charge in [-0.2, -0.15) is 0 Å². The number of rotatable bonds is 9. The number of aliphatic hydroxyl groups excluding tert-OH is 1. The molecule has 0 amide bonds. The van der Waals surface area contributed by atoms with Gasteiger partial charge in [0.25, 0.3) is 0 Å². The summed E-state index contributed by atoms with van der Waals surface area (Å²) in [7, 11) is 3.87. The molecule has 14 atom stereocenters. The summed E-state index contributed by atoms with van der Waals surface area (Å²) >= 11 is 0. The van der Waals surface area contributed by atoms with Crippen LogP contribution in [0.5, 0.6) is 0 Å². The number of hydrogen-bond donors (Lipinski definition) is 1. The number of aryl methyl sites for hydroxylation is 1. The quantitative estimate of drug-likeness (QED) is 0.209. The van der Waals surface area contributed by atoms with Crippen LogP contribution in [-0.2, 0) is 49.3 Å². The van der Waals surface area contributed by atoms with Gasteiger partial charge in [-0.05, 0) is 85.4 Å². The van der Waals surface area contributed by atoms with Crippen molar-refractivity contribution in [2.75, 3.05) is 33.9 Å². The van der Waals surface area contributed by atoms with Crippen LogP contribution in [0.4, 0.5) is 0 Å². The molecule has 4 fully saturated rings. The van der Waals surface area contributed by atoms with E-state index in [1.807, 2.05) is 71.8 Å². The minimum atomic E-state index is -1.29. The third kappa shape index (κ3) is 9.17. The van der Waals surface area contributed by atoms with E-state index in [0.717, 1.165) is 12.8 Å². The number of benzene rings is 1. The number of esters is 1. The van der Waals surface area contributed by atoms with Crippen LogP contribution in [-0.4, -0.2) is 122 Å². The van der Waals surface area contributed by atoms with Crippen molar-refractivity contribution >= 4 is 17.5 Å². The minimum absolute atomic E-state index is 0.0577. The van der Waals surface area contributed by atoms with Gasteiger partial charge in [0, 0.05) is 17.9 Å². The molecule has 298 valence electrons. The van der Waals surface area contributed by atoms with Gasteiger partial charge in [0.05, 0.1) is 49.1 Å². The van der Waals surface area contributed by atoms with Crippen molar-refractivity contribution < 1.29 is 48.0 Å². The largest absolute Gasteiger partial charge is 0.459 e. The van der Waals surface area contributed by atoms with Crippen LogP contribution in [0.1, 0.15) is 86.6 Å². The van der Waals surface area contributed by atoms with Gasteiger partial charge in [-0.15, -0.1) is 0 Å². The second-order valence-electron chi connectivity index (χ2n) is 16.6. The van der Waals surface area contributed by atoms with E-state index >= 15 is 0 Å². The van der Waals surface area contributed by atoms with Crippen LogP contribution >= 0.6 is 0 Å². The number of hydrogen-bond acceptors (Lipinski definition) is 12. The highest BCUT2D eigenvalue weighted by Gasteiger charge is 2.58. The van der Waals surface area contributed by atoms with E-state index < -0.39 is 71.7 Å². The lowest BCUT2D eigenvalue weighted by atomic mass is 9.75. The molecule has 5 rings (SSSR count). The molecule has 4 saturated heterocycles. The Kier molecular flexibility index (Phi) is 13.8. The molecule has 4 aliphatic heterocycles. The third-order valence-corrected chi connectivity index (χ3v) is 12.1. The summed E-state index contributed by atoms with van der Waals surface area (Å²) in [5.41, 5.74) is -0.587. The number of fused-ring (bicyclic) bond motifs is 5. The second-order valence-corrected chi connectivity index (χ2v) is 16.6. The molecule has 1 N–H and O–H groups in total. The second kappa shape index (κ2) is 17.6. The molecule has 4 bridgehead atoms. The molecule has 0 spiro atoms. The topological polar surface area (TPSA) is 135 Å². The number of ketones is 1. The van der Waals surface area contributed by atoms with E-state index in [1.165, 1.54) is 5.56 Å². The summed E-state index contributed by atoms with van der Waals surface area (Å²) in [4.78, 5) is 35.9. The van der Waals surface area contributed by atoms with Crippen molar-refractivity contribution in [2.45, 2.75) is 148 Å². The highest BCUT2D eigenvalue weighted by atomic mass is 16.7. The minimum Gasteiger partial charge on any atom is -0.459 e. The maximum absolute atomic E-state index is 14.1. The molecule has 1 aromatic carbocycles. The average molecular weight is 745 g/mol. The standard InChI is InChI=1S/C41H64N2O10/c1-11-32-41(8)36(45)26(4)34(53-41)24(2)21-40(7)37(52-39-33(44)31(43(9)10)20-25(3)50-39)27(5)35(28(6)38(46)51-32)47-22-30(23-48-40)42-49-19-15-18-29-16-13-12-14-17-29/h12-14,16-17,24-28,31-35,37,39,44H,11,15,18-23H2,1-10H3/b42-30+/t24-,25-,26?,27-,28-,31+,32-,33-,34?,35+,37-,39+,40+,41?/m1/s1. The zero-order chi connectivity index (χ0) is 38.7. The molecule has 1 aromatic rings. The van der Waals surface area contributed by atoms with Crippen LogP contribution in [0.2, 0.25) is 0 Å². The predicted octanol–water partition coefficient (Wildman–Crippen LogP) is 4.97. The maximum atomic E-state index is 14.1. The Morgan fingerprint density at radius 2 is 1.72 bits per heavy atom. The first-order chi connectivity index (χ1) is 25.1. The van der Waals surface area contributed by atoms with E-state index in [-0.39, 0.29) is 37.1 Å². The summed E-state index contributed by atoms with van der Waals surface area (Å²) in [5, 5.41) is 16.1. The van der Waals surface area contributed by atoms with Crippen molar-refractivity contribution in [3.63, 3.8) is 0 Å². The SMILES string of the molecule is CC[C@H]1OC(=O)[C@H](C)[C@H]2OC/C(=N\OCCCc3ccccc3)CO[C@@](C)(C[C@@H](C)C3OC1(C)C(=O)C3C)[C@H](O[C@@H]1O[C@H](C)C[C@H](N(C)C)[C@H]1O)[C@@H]2C. The number of carbonyl (C=O) groups excluding carboxylic acids is 2. The third-order valence-electron chi connectivity index (χ3n) is 12.1. The Morgan fingerprint density at radius 3 is 2.40 bits per heavy atom. The lowest BCUT2D eigenvalue weighted by Gasteiger charge is -2.48. The van der Waals surface area contributed by atoms with Gasteiger partial charge in [0.1, 0.15) is 24.5 Å². The van der Waals surface area contributed by atoms with Crippen molar-refractivity contribution in [2.24, 2.45) is 28.8 Å². The zero-order valence-corrected chi connectivity index (χ0v) is 33.5. The predicted molar refractivity (Wildman–Crippen MR) is 199 cm³/mol. The molecule has 12 nitrogen and oxygen atoms in total. The number of likely N-dealkylation sites (N-methyl/N-ethyl adjacent to an activating group) is 1. The Hall–Kier alpha value is -2.45. The van der Waals surface area contributed by atoms with Crippen molar-refractivity contribution in [3.8, 4) is 0 Å². The molecule has 53 heavy (non-hydrogen) atoms. The number of ether oxygens (including phenoxy) is 6. The molecule has 12 heteroatoms. The van der Waals surface area contributed by atoms with Gasteiger partial charge in [0.2, 0.25) is 0 Å². The summed E-state index contributed by atoms with van der Waals surface area (Å²) < 4.78 is 39.7. The Morgan fingerprint density at radius 1 is 1.00 bits per heavy atom. The van der Waals surface area contributed by atoms with Crippen molar-refractivity contribution in [1.29, 1.82) is 0 Å². The first kappa shape index (κ1) is 41.7. The highest BCUT2D eigenvalue weighted by Crippen LogP contribution is 2.45. The van der Waals surface area contributed by atoms with E-state index in [1.54, 1.807) is 13.8 Å². The first-order valence-electron chi connectivity index (χ1n) is 19.6. The lowest BCUT2D eigenvalue weighted by Crippen LogP contribution is -2.59. The zero-order valence-electron chi connectivity index (χ0n) is 33.5. The fourth-order valence-corrected chi connectivity index (χ4v) is 9.07. The summed E-state index contributed by atoms with van der Waals surface area (Å²) in [6.45, 7) is 15.9. The number of oxime groups is 1. The number of cyclic esters (lactones) is 1. The number of carbonyl (C=O) groups is 2. The molecule has 0 aromatic heterocycles. The van der Waals surface area contributed by atoms with E-state index in [4.69, 9.17) is 33.3 Å². The van der Waals surface area contributed by atoms with Crippen molar-refractivity contribution in [3.05, 3.63) is 35.9 Å². The normalized spacial score (nSPS) is 42.2. The van der Waals surface area contributed by atoms with Gasteiger partial charge in [-0.1, -0.05) is 63.2 Å². The Balaban J connectivity index is 1.52. The van der Waals surface area contributed by atoms with Gasteiger partial charge in [0.15, 0.2) is 17.7 Å². The van der Waals surface area contributed by atoms with Crippen LogP contribution in [0.25, 0.3) is 0 Å². The average Bonchev–Trinajstić information content (AvgIpc) is 3.38. The Labute approximate surface area is 316 Å². The molecule has 4 heterocycles. The van der Waals surface area contributed by atoms with Crippen LogP contribution in [0, 0.1) is 23.7 Å². The van der Waals surface area contributed by atoms with Gasteiger partial charge in [-0.25, -0.2) is 0 Å². The van der Waals surface area contributed by atoms with Crippen LogP contribution in [0.3, 0.4) is 0 Å². The van der Waals surface area contributed by atoms with E-state index in [0.29, 0.717) is 31.6 Å². The van der Waals surface area contributed by atoms with E-state index in [2.05, 4.69) is 24.2 Å². The fourth-order valence-electron chi connectivity index (χ4n) is 9.07. The molecule has 0 saturated carbocycles. The van der Waals surface area contributed by atoms with Crippen LogP contribution in [0.15, 0.2) is 35.5 Å². The molecule has 0 radical (unpaired) electrons. The monoisotopic (exact) mass is 744 g/mol. The van der Waals surface area contributed by atoms with E-state index in [9.17, 15) is 14.7 Å². The van der Waals surface area contributed by atoms with Gasteiger partial charge in [-0.3, -0.25) is 9.59 Å². The highest BCUT2D eigenvalue weighted by molar-refractivity contribution is 5.92. The number of nitrogens with zero attached hydrogens (tertiary/aromatic N) is 2. The number of Topliss-reactive ketones (excluding diaryl/α,β-unsaturated/α-hetero) is 1. The van der Waals surface area contributed by atoms with Gasteiger partial charge < -0.3 is 43.3 Å². The smallest absolute Gasteiger partial charge is 0.311 e. The molecule has 4 aliphatic rings. The van der Waals surface area contributed by atoms with Crippen molar-refractivity contribution in [1.82, 2.24) is 4.90 Å². The Bertz CT molecular complexity index is 1410. The van der Waals surface area contributed by atoms with Gasteiger partial charge >= 0.3 is 5.97 Å². The summed E-state index contributed by atoms with van der Waals surface area (Å²) in [5.74, 6) is -2.45. The van der Waals surface area contributed by atoms with Crippen LogP contribution < -0.4 is 0 Å². The lowest BCUT2D eigenvalue weighted by molar-refractivity contribution is -0.302.